The van der Waals surface area contributed by atoms with Crippen molar-refractivity contribution in [2.24, 2.45) is 0 Å². The summed E-state index contributed by atoms with van der Waals surface area (Å²) in [5.74, 6) is -0.234. The van der Waals surface area contributed by atoms with Crippen LogP contribution in [-0.2, 0) is 21.2 Å². The predicted molar refractivity (Wildman–Crippen MR) is 123 cm³/mol. The first-order valence-electron chi connectivity index (χ1n) is 11.1. The van der Waals surface area contributed by atoms with Crippen LogP contribution in [0.25, 0.3) is 0 Å². The Morgan fingerprint density at radius 1 is 1.03 bits per heavy atom. The smallest absolute Gasteiger partial charge is 0.240 e. The van der Waals surface area contributed by atoms with Crippen molar-refractivity contribution in [2.45, 2.75) is 30.6 Å². The monoisotopic (exact) mass is 460 g/mol. The summed E-state index contributed by atoms with van der Waals surface area (Å²) in [6.45, 7) is 4.26. The number of para-hydroxylation sites is 1. The molecule has 32 heavy (non-hydrogen) atoms. The summed E-state index contributed by atoms with van der Waals surface area (Å²) in [6, 6.07) is 11.7. The van der Waals surface area contributed by atoms with E-state index in [1.165, 1.54) is 12.1 Å². The molecule has 4 rings (SSSR count). The predicted octanol–water partition coefficient (Wildman–Crippen LogP) is 2.59. The van der Waals surface area contributed by atoms with Crippen molar-refractivity contribution in [1.82, 2.24) is 9.62 Å². The van der Waals surface area contributed by atoms with Crippen molar-refractivity contribution in [2.75, 3.05) is 49.5 Å². The van der Waals surface area contributed by atoms with Crippen LogP contribution in [0.15, 0.2) is 47.4 Å². The third kappa shape index (κ3) is 5.46. The molecule has 0 radical (unpaired) electrons. The fourth-order valence-electron chi connectivity index (χ4n) is 4.23. The summed E-state index contributed by atoms with van der Waals surface area (Å²) < 4.78 is 42.0. The highest BCUT2D eigenvalue weighted by atomic mass is 32.2. The fraction of sp³-hybridized carbons (Fsp3) is 0.435. The normalized spacial score (nSPS) is 17.5. The molecule has 2 aromatic rings. The Bertz CT molecular complexity index is 1070. The van der Waals surface area contributed by atoms with Crippen LogP contribution in [0.5, 0.6) is 0 Å². The van der Waals surface area contributed by atoms with Crippen LogP contribution in [0.1, 0.15) is 24.8 Å². The van der Waals surface area contributed by atoms with Crippen LogP contribution in [-0.4, -0.2) is 58.5 Å². The van der Waals surface area contributed by atoms with Gasteiger partial charge in [-0.3, -0.25) is 9.69 Å². The van der Waals surface area contributed by atoms with Gasteiger partial charge in [0.25, 0.3) is 0 Å². The number of nitrogens with zero attached hydrogens (tertiary/aromatic N) is 2. The van der Waals surface area contributed by atoms with Gasteiger partial charge in [-0.15, -0.1) is 0 Å². The number of benzene rings is 2. The summed E-state index contributed by atoms with van der Waals surface area (Å²) in [5.41, 5.74) is 2.19. The van der Waals surface area contributed by atoms with Gasteiger partial charge < -0.3 is 10.2 Å². The highest BCUT2D eigenvalue weighted by Crippen LogP contribution is 2.25. The van der Waals surface area contributed by atoms with Gasteiger partial charge in [0.2, 0.25) is 15.9 Å². The molecule has 0 unspecified atom stereocenters. The second kappa shape index (κ2) is 9.97. The van der Waals surface area contributed by atoms with Gasteiger partial charge >= 0.3 is 0 Å². The van der Waals surface area contributed by atoms with Gasteiger partial charge in [-0.25, -0.2) is 17.5 Å². The standard InChI is InChI=1S/C23H29FN4O3S/c24-20-6-1-2-7-22(20)28-15-13-27(14-16-28)12-4-11-25-32(30,31)19-9-10-21-18(17-19)5-3-8-23(29)26-21/h1-2,6-7,9-10,17,25H,3-5,8,11-16H2,(H,26,29). The minimum atomic E-state index is -3.60. The Balaban J connectivity index is 1.24. The molecule has 0 bridgehead atoms. The molecule has 7 nitrogen and oxygen atoms in total. The third-order valence-electron chi connectivity index (χ3n) is 6.02. The molecule has 0 spiro atoms. The summed E-state index contributed by atoms with van der Waals surface area (Å²) in [6.07, 6.45) is 2.53. The molecule has 1 fully saturated rings. The lowest BCUT2D eigenvalue weighted by Gasteiger charge is -2.36. The van der Waals surface area contributed by atoms with Gasteiger partial charge in [0.05, 0.1) is 10.6 Å². The summed E-state index contributed by atoms with van der Waals surface area (Å²) in [7, 11) is -3.60. The van der Waals surface area contributed by atoms with Crippen LogP contribution in [0, 0.1) is 5.82 Å². The number of halogens is 1. The van der Waals surface area contributed by atoms with Crippen molar-refractivity contribution in [3.63, 3.8) is 0 Å². The summed E-state index contributed by atoms with van der Waals surface area (Å²) >= 11 is 0. The number of nitrogens with one attached hydrogen (secondary N) is 2. The number of aryl methyl sites for hydroxylation is 1. The number of hydrogen-bond acceptors (Lipinski definition) is 5. The molecular weight excluding hydrogens is 431 g/mol. The molecule has 2 aromatic carbocycles. The lowest BCUT2D eigenvalue weighted by Crippen LogP contribution is -2.47. The lowest BCUT2D eigenvalue weighted by molar-refractivity contribution is -0.116. The van der Waals surface area contributed by atoms with E-state index < -0.39 is 10.0 Å². The van der Waals surface area contributed by atoms with Crippen molar-refractivity contribution < 1.29 is 17.6 Å². The van der Waals surface area contributed by atoms with Crippen molar-refractivity contribution in [3.8, 4) is 0 Å². The molecule has 2 aliphatic rings. The molecule has 9 heteroatoms. The van der Waals surface area contributed by atoms with Gasteiger partial charge in [0.1, 0.15) is 5.82 Å². The van der Waals surface area contributed by atoms with E-state index in [0.29, 0.717) is 43.6 Å². The molecule has 2 N–H and O–H groups in total. The Kier molecular flexibility index (Phi) is 7.07. The zero-order valence-electron chi connectivity index (χ0n) is 18.0. The lowest BCUT2D eigenvalue weighted by atomic mass is 10.1. The highest BCUT2D eigenvalue weighted by molar-refractivity contribution is 7.89. The van der Waals surface area contributed by atoms with E-state index in [1.807, 2.05) is 6.07 Å². The SMILES string of the molecule is O=C1CCCc2cc(S(=O)(=O)NCCCN3CCN(c4ccccc4F)CC3)ccc2N1. The van der Waals surface area contributed by atoms with E-state index in [2.05, 4.69) is 19.8 Å². The Morgan fingerprint density at radius 2 is 1.81 bits per heavy atom. The van der Waals surface area contributed by atoms with Gasteiger partial charge in [-0.05, 0) is 61.7 Å². The molecule has 0 atom stereocenters. The van der Waals surface area contributed by atoms with E-state index in [9.17, 15) is 17.6 Å². The van der Waals surface area contributed by atoms with Crippen molar-refractivity contribution in [1.29, 1.82) is 0 Å². The van der Waals surface area contributed by atoms with Gasteiger partial charge in [0, 0.05) is 44.8 Å². The second-order valence-electron chi connectivity index (χ2n) is 8.25. The highest BCUT2D eigenvalue weighted by Gasteiger charge is 2.21. The van der Waals surface area contributed by atoms with E-state index in [0.717, 1.165) is 38.3 Å². The Hall–Kier alpha value is -2.49. The number of carbonyl (C=O) groups excluding carboxylic acids is 1. The maximum atomic E-state index is 14.0. The van der Waals surface area contributed by atoms with Crippen LogP contribution in [0.2, 0.25) is 0 Å². The molecule has 1 saturated heterocycles. The minimum absolute atomic E-state index is 0.0350. The summed E-state index contributed by atoms with van der Waals surface area (Å²) in [4.78, 5) is 16.2. The third-order valence-corrected chi connectivity index (χ3v) is 7.48. The molecule has 2 heterocycles. The molecule has 0 saturated carbocycles. The molecular formula is C23H29FN4O3S. The molecule has 172 valence electrons. The first-order chi connectivity index (χ1) is 15.4. The van der Waals surface area contributed by atoms with E-state index >= 15 is 0 Å². The van der Waals surface area contributed by atoms with E-state index in [-0.39, 0.29) is 16.6 Å². The van der Waals surface area contributed by atoms with Gasteiger partial charge in [-0.2, -0.15) is 0 Å². The number of piperazine rings is 1. The van der Waals surface area contributed by atoms with Gasteiger partial charge in [-0.1, -0.05) is 12.1 Å². The Morgan fingerprint density at radius 3 is 2.59 bits per heavy atom. The number of sulfonamides is 1. The number of carbonyl (C=O) groups is 1. The largest absolute Gasteiger partial charge is 0.367 e. The van der Waals surface area contributed by atoms with Crippen LogP contribution in [0.4, 0.5) is 15.8 Å². The maximum Gasteiger partial charge on any atom is 0.240 e. The first kappa shape index (κ1) is 22.7. The van der Waals surface area contributed by atoms with Crippen LogP contribution in [0.3, 0.4) is 0 Å². The molecule has 0 aromatic heterocycles. The Labute approximate surface area is 188 Å². The number of hydrogen-bond donors (Lipinski definition) is 2. The molecule has 0 aliphatic carbocycles. The molecule has 2 aliphatic heterocycles. The fourth-order valence-corrected chi connectivity index (χ4v) is 5.36. The molecule has 1 amide bonds. The van der Waals surface area contributed by atoms with Crippen molar-refractivity contribution >= 4 is 27.3 Å². The zero-order valence-corrected chi connectivity index (χ0v) is 18.8. The first-order valence-corrected chi connectivity index (χ1v) is 12.5. The van der Waals surface area contributed by atoms with E-state index in [1.54, 1.807) is 24.3 Å². The van der Waals surface area contributed by atoms with Gasteiger partial charge in [0.15, 0.2) is 0 Å². The number of fused-ring (bicyclic) bond motifs is 1. The van der Waals surface area contributed by atoms with Crippen molar-refractivity contribution in [3.05, 3.63) is 53.8 Å². The number of rotatable bonds is 7. The topological polar surface area (TPSA) is 81.8 Å². The summed E-state index contributed by atoms with van der Waals surface area (Å²) in [5, 5.41) is 2.82. The van der Waals surface area contributed by atoms with Crippen LogP contribution >= 0.6 is 0 Å². The minimum Gasteiger partial charge on any atom is -0.367 e. The quantitative estimate of drug-likeness (QED) is 0.621. The van der Waals surface area contributed by atoms with E-state index in [4.69, 9.17) is 0 Å². The average molecular weight is 461 g/mol. The number of anilines is 2. The number of amides is 1. The second-order valence-corrected chi connectivity index (χ2v) is 10.0. The maximum absolute atomic E-state index is 14.0. The average Bonchev–Trinajstić information content (AvgIpc) is 2.97. The zero-order chi connectivity index (χ0) is 22.6. The van der Waals surface area contributed by atoms with Crippen LogP contribution < -0.4 is 14.9 Å².